The van der Waals surface area contributed by atoms with E-state index in [9.17, 15) is 19.2 Å². The first-order valence-corrected chi connectivity index (χ1v) is 14.2. The van der Waals surface area contributed by atoms with Crippen LogP contribution in [0.5, 0.6) is 0 Å². The van der Waals surface area contributed by atoms with Gasteiger partial charge in [-0.15, -0.1) is 0 Å². The number of rotatable bonds is 6. The fourth-order valence-electron chi connectivity index (χ4n) is 7.08. The Bertz CT molecular complexity index is 855. The van der Waals surface area contributed by atoms with Gasteiger partial charge in [-0.25, -0.2) is 0 Å². The van der Waals surface area contributed by atoms with Gasteiger partial charge in [0, 0.05) is 35.7 Å². The number of hydrogen-bond donors (Lipinski definition) is 1. The molecule has 1 atom stereocenters. The summed E-state index contributed by atoms with van der Waals surface area (Å²) in [5.41, 5.74) is 1.51. The van der Waals surface area contributed by atoms with Crippen molar-refractivity contribution in [2.45, 2.75) is 108 Å². The van der Waals surface area contributed by atoms with Crippen molar-refractivity contribution >= 4 is 23.5 Å². The van der Waals surface area contributed by atoms with Gasteiger partial charge in [0.25, 0.3) is 11.8 Å². The van der Waals surface area contributed by atoms with Crippen LogP contribution in [0.4, 0.5) is 0 Å². The van der Waals surface area contributed by atoms with Crippen LogP contribution in [0, 0.1) is 11.8 Å². The standard InChI is InChI=1S/C28H41N3O4/c32-25(18-30-16-6-7-20(17-30)26(33)29-21-8-2-1-3-9-21)19-12-14-22(15-13-19)31-27(34)23-10-4-5-11-24(23)28(31)35/h19-22H,1-18H2,(H,29,33). The minimum Gasteiger partial charge on any atom is -0.353 e. The Kier molecular flexibility index (Phi) is 7.71. The summed E-state index contributed by atoms with van der Waals surface area (Å²) in [5, 5.41) is 3.27. The van der Waals surface area contributed by atoms with E-state index < -0.39 is 0 Å². The molecular formula is C28H41N3O4. The third kappa shape index (κ3) is 5.40. The van der Waals surface area contributed by atoms with Crippen molar-refractivity contribution in [3.63, 3.8) is 0 Å². The van der Waals surface area contributed by atoms with Crippen LogP contribution in [-0.2, 0) is 19.2 Å². The minimum absolute atomic E-state index is 0.00178. The molecule has 3 aliphatic carbocycles. The summed E-state index contributed by atoms with van der Waals surface area (Å²) in [6, 6.07) is 0.270. The smallest absolute Gasteiger partial charge is 0.257 e. The molecule has 1 unspecified atom stereocenters. The zero-order valence-electron chi connectivity index (χ0n) is 21.1. The minimum atomic E-state index is -0.0645. The van der Waals surface area contributed by atoms with Crippen molar-refractivity contribution < 1.29 is 19.2 Å². The van der Waals surface area contributed by atoms with Gasteiger partial charge in [0.2, 0.25) is 5.91 Å². The maximum atomic E-state index is 13.1. The SMILES string of the molecule is O=C(CN1CCCC(C(=O)NC2CCCCC2)C1)C1CCC(N2C(=O)C3=C(CCCC3)C2=O)CC1. The maximum absolute atomic E-state index is 13.1. The van der Waals surface area contributed by atoms with Crippen molar-refractivity contribution in [2.75, 3.05) is 19.6 Å². The molecule has 0 aromatic rings. The lowest BCUT2D eigenvalue weighted by Crippen LogP contribution is -2.48. The summed E-state index contributed by atoms with van der Waals surface area (Å²) >= 11 is 0. The summed E-state index contributed by atoms with van der Waals surface area (Å²) in [5.74, 6) is 0.285. The molecule has 0 aromatic heterocycles. The van der Waals surface area contributed by atoms with E-state index in [1.165, 1.54) is 24.2 Å². The number of ketones is 1. The number of hydrogen-bond acceptors (Lipinski definition) is 5. The Balaban J connectivity index is 1.08. The van der Waals surface area contributed by atoms with Gasteiger partial charge < -0.3 is 5.32 Å². The summed E-state index contributed by atoms with van der Waals surface area (Å²) in [7, 11) is 0. The Hall–Kier alpha value is -2.02. The largest absolute Gasteiger partial charge is 0.353 e. The fourth-order valence-corrected chi connectivity index (χ4v) is 7.08. The van der Waals surface area contributed by atoms with Crippen LogP contribution >= 0.6 is 0 Å². The summed E-state index contributed by atoms with van der Waals surface area (Å²) in [4.78, 5) is 55.4. The predicted molar refractivity (Wildman–Crippen MR) is 132 cm³/mol. The molecule has 0 radical (unpaired) electrons. The second-order valence-electron chi connectivity index (χ2n) is 11.5. The average Bonchev–Trinajstić information content (AvgIpc) is 3.15. The highest BCUT2D eigenvalue weighted by Gasteiger charge is 2.43. The Morgan fingerprint density at radius 2 is 1.40 bits per heavy atom. The Labute approximate surface area is 209 Å². The van der Waals surface area contributed by atoms with Gasteiger partial charge in [0.05, 0.1) is 12.5 Å². The number of amides is 3. The van der Waals surface area contributed by atoms with E-state index in [0.717, 1.165) is 94.7 Å². The van der Waals surface area contributed by atoms with Crippen LogP contribution in [0.2, 0.25) is 0 Å². The monoisotopic (exact) mass is 483 g/mol. The summed E-state index contributed by atoms with van der Waals surface area (Å²) < 4.78 is 0. The van der Waals surface area contributed by atoms with Gasteiger partial charge >= 0.3 is 0 Å². The lowest BCUT2D eigenvalue weighted by molar-refractivity contribution is -0.141. The molecule has 2 saturated carbocycles. The number of nitrogens with one attached hydrogen (secondary N) is 1. The molecular weight excluding hydrogens is 442 g/mol. The molecule has 3 fully saturated rings. The molecule has 2 heterocycles. The van der Waals surface area contributed by atoms with Crippen molar-refractivity contribution in [2.24, 2.45) is 11.8 Å². The van der Waals surface area contributed by atoms with Gasteiger partial charge in [-0.1, -0.05) is 19.3 Å². The molecule has 0 spiro atoms. The molecule has 2 aliphatic heterocycles. The third-order valence-corrected chi connectivity index (χ3v) is 9.15. The average molecular weight is 484 g/mol. The molecule has 5 rings (SSSR count). The normalized spacial score (nSPS) is 31.0. The van der Waals surface area contributed by atoms with Crippen molar-refractivity contribution in [3.05, 3.63) is 11.1 Å². The van der Waals surface area contributed by atoms with E-state index in [1.807, 2.05) is 0 Å². The molecule has 192 valence electrons. The first-order valence-electron chi connectivity index (χ1n) is 14.2. The summed E-state index contributed by atoms with van der Waals surface area (Å²) in [6.07, 6.45) is 14.1. The Morgan fingerprint density at radius 3 is 2.06 bits per heavy atom. The summed E-state index contributed by atoms with van der Waals surface area (Å²) in [6.45, 7) is 1.97. The lowest BCUT2D eigenvalue weighted by Gasteiger charge is -2.36. The fraction of sp³-hybridized carbons (Fsp3) is 0.786. The number of nitrogens with zero attached hydrogens (tertiary/aromatic N) is 2. The van der Waals surface area contributed by atoms with Crippen LogP contribution < -0.4 is 5.32 Å². The number of piperidine rings is 1. The topological polar surface area (TPSA) is 86.8 Å². The highest BCUT2D eigenvalue weighted by molar-refractivity contribution is 6.19. The Morgan fingerprint density at radius 1 is 0.743 bits per heavy atom. The lowest BCUT2D eigenvalue weighted by atomic mass is 9.82. The molecule has 7 nitrogen and oxygen atoms in total. The molecule has 35 heavy (non-hydrogen) atoms. The number of carbonyl (C=O) groups excluding carboxylic acids is 4. The number of Topliss-reactive ketones (excluding diaryl/α,β-unsaturated/α-hetero) is 1. The quantitative estimate of drug-likeness (QED) is 0.584. The molecule has 3 amide bonds. The van der Waals surface area contributed by atoms with E-state index >= 15 is 0 Å². The molecule has 1 saturated heterocycles. The molecule has 7 heteroatoms. The van der Waals surface area contributed by atoms with Gasteiger partial charge in [0.1, 0.15) is 5.78 Å². The molecule has 1 N–H and O–H groups in total. The van der Waals surface area contributed by atoms with Crippen LogP contribution in [0.1, 0.15) is 96.3 Å². The van der Waals surface area contributed by atoms with Gasteiger partial charge in [-0.05, 0) is 83.6 Å². The number of carbonyl (C=O) groups is 4. The van der Waals surface area contributed by atoms with E-state index in [2.05, 4.69) is 10.2 Å². The second-order valence-corrected chi connectivity index (χ2v) is 11.5. The van der Waals surface area contributed by atoms with E-state index in [4.69, 9.17) is 0 Å². The van der Waals surface area contributed by atoms with Crippen molar-refractivity contribution in [3.8, 4) is 0 Å². The van der Waals surface area contributed by atoms with Crippen molar-refractivity contribution in [1.82, 2.24) is 15.1 Å². The van der Waals surface area contributed by atoms with Gasteiger partial charge in [-0.2, -0.15) is 0 Å². The predicted octanol–water partition coefficient (Wildman–Crippen LogP) is 3.51. The van der Waals surface area contributed by atoms with Crippen LogP contribution in [0.25, 0.3) is 0 Å². The first kappa shape index (κ1) is 24.7. The number of likely N-dealkylation sites (tertiary alicyclic amines) is 1. The molecule has 5 aliphatic rings. The number of imide groups is 1. The molecule has 0 bridgehead atoms. The van der Waals surface area contributed by atoms with E-state index in [-0.39, 0.29) is 41.4 Å². The van der Waals surface area contributed by atoms with Crippen molar-refractivity contribution in [1.29, 1.82) is 0 Å². The van der Waals surface area contributed by atoms with Crippen LogP contribution in [-0.4, -0.2) is 65.0 Å². The van der Waals surface area contributed by atoms with E-state index in [0.29, 0.717) is 19.1 Å². The second kappa shape index (κ2) is 10.9. The van der Waals surface area contributed by atoms with Crippen LogP contribution in [0.3, 0.4) is 0 Å². The molecule has 0 aromatic carbocycles. The highest BCUT2D eigenvalue weighted by atomic mass is 16.2. The van der Waals surface area contributed by atoms with Crippen LogP contribution in [0.15, 0.2) is 11.1 Å². The first-order chi connectivity index (χ1) is 17.0. The zero-order chi connectivity index (χ0) is 24.4. The maximum Gasteiger partial charge on any atom is 0.257 e. The third-order valence-electron chi connectivity index (χ3n) is 9.15. The highest BCUT2D eigenvalue weighted by Crippen LogP contribution is 2.38. The van der Waals surface area contributed by atoms with Gasteiger partial charge in [-0.3, -0.25) is 29.0 Å². The van der Waals surface area contributed by atoms with E-state index in [1.54, 1.807) is 0 Å². The zero-order valence-corrected chi connectivity index (χ0v) is 21.1. The van der Waals surface area contributed by atoms with Gasteiger partial charge in [0.15, 0.2) is 0 Å².